The molecule has 1 aromatic carbocycles. The van der Waals surface area contributed by atoms with Gasteiger partial charge in [0.25, 0.3) is 0 Å². The number of anilines is 1. The number of nitrogen functional groups attached to an aromatic ring is 1. The molecular formula is C12H17N. The summed E-state index contributed by atoms with van der Waals surface area (Å²) >= 11 is 0. The van der Waals surface area contributed by atoms with Crippen molar-refractivity contribution in [3.63, 3.8) is 0 Å². The van der Waals surface area contributed by atoms with Gasteiger partial charge in [-0.25, -0.2) is 0 Å². The smallest absolute Gasteiger partial charge is 0.0314 e. The first-order valence-corrected chi connectivity index (χ1v) is 4.59. The van der Waals surface area contributed by atoms with Gasteiger partial charge < -0.3 is 5.73 Å². The zero-order valence-electron chi connectivity index (χ0n) is 8.38. The number of hydrogen-bond donors (Lipinski definition) is 1. The average Bonchev–Trinajstić information content (AvgIpc) is 2.08. The van der Waals surface area contributed by atoms with Crippen molar-refractivity contribution in [1.82, 2.24) is 0 Å². The minimum Gasteiger partial charge on any atom is -0.399 e. The SMILES string of the molecule is C=C(C)C(C)Cc1ccc(N)cc1. The van der Waals surface area contributed by atoms with Crippen LogP contribution < -0.4 is 5.73 Å². The molecule has 0 aromatic heterocycles. The monoisotopic (exact) mass is 175 g/mol. The van der Waals surface area contributed by atoms with Crippen LogP contribution in [-0.2, 0) is 6.42 Å². The topological polar surface area (TPSA) is 26.0 Å². The van der Waals surface area contributed by atoms with Crippen LogP contribution in [0, 0.1) is 5.92 Å². The van der Waals surface area contributed by atoms with Gasteiger partial charge >= 0.3 is 0 Å². The first-order chi connectivity index (χ1) is 6.09. The fourth-order valence-electron chi connectivity index (χ4n) is 1.18. The van der Waals surface area contributed by atoms with Crippen molar-refractivity contribution in [2.75, 3.05) is 5.73 Å². The van der Waals surface area contributed by atoms with Crippen LogP contribution in [0.5, 0.6) is 0 Å². The molecule has 1 nitrogen and oxygen atoms in total. The normalized spacial score (nSPS) is 12.5. The highest BCUT2D eigenvalue weighted by atomic mass is 14.5. The van der Waals surface area contributed by atoms with Crippen LogP contribution in [0.1, 0.15) is 19.4 Å². The Bertz CT molecular complexity index is 284. The Kier molecular flexibility index (Phi) is 3.13. The van der Waals surface area contributed by atoms with E-state index < -0.39 is 0 Å². The van der Waals surface area contributed by atoms with E-state index in [9.17, 15) is 0 Å². The second kappa shape index (κ2) is 4.13. The molecule has 0 saturated carbocycles. The predicted octanol–water partition coefficient (Wildman–Crippen LogP) is 3.02. The van der Waals surface area contributed by atoms with Gasteiger partial charge in [0, 0.05) is 5.69 Å². The van der Waals surface area contributed by atoms with Crippen molar-refractivity contribution in [2.24, 2.45) is 5.92 Å². The first-order valence-electron chi connectivity index (χ1n) is 4.59. The second-order valence-electron chi connectivity index (χ2n) is 3.69. The number of benzene rings is 1. The van der Waals surface area contributed by atoms with Crippen LogP contribution in [0.15, 0.2) is 36.4 Å². The van der Waals surface area contributed by atoms with Crippen LogP contribution in [0.4, 0.5) is 5.69 Å². The number of hydrogen-bond acceptors (Lipinski definition) is 1. The van der Waals surface area contributed by atoms with E-state index in [1.54, 1.807) is 0 Å². The van der Waals surface area contributed by atoms with Crippen LogP contribution in [0.25, 0.3) is 0 Å². The molecule has 1 aromatic rings. The maximum atomic E-state index is 5.60. The van der Waals surface area contributed by atoms with E-state index >= 15 is 0 Å². The van der Waals surface area contributed by atoms with E-state index in [2.05, 4.69) is 32.6 Å². The molecule has 0 amide bonds. The minimum atomic E-state index is 0.545. The molecular weight excluding hydrogens is 158 g/mol. The molecule has 0 bridgehead atoms. The Labute approximate surface area is 80.3 Å². The third-order valence-electron chi connectivity index (χ3n) is 2.36. The van der Waals surface area contributed by atoms with Crippen molar-refractivity contribution in [3.05, 3.63) is 42.0 Å². The van der Waals surface area contributed by atoms with Gasteiger partial charge in [-0.3, -0.25) is 0 Å². The van der Waals surface area contributed by atoms with Gasteiger partial charge in [-0.15, -0.1) is 0 Å². The van der Waals surface area contributed by atoms with E-state index in [4.69, 9.17) is 5.73 Å². The highest BCUT2D eigenvalue weighted by Crippen LogP contribution is 2.15. The molecule has 13 heavy (non-hydrogen) atoms. The summed E-state index contributed by atoms with van der Waals surface area (Å²) in [6.07, 6.45) is 1.05. The molecule has 0 aliphatic carbocycles. The number of rotatable bonds is 3. The zero-order chi connectivity index (χ0) is 9.84. The van der Waals surface area contributed by atoms with Crippen molar-refractivity contribution in [1.29, 1.82) is 0 Å². The lowest BCUT2D eigenvalue weighted by molar-refractivity contribution is 0.680. The molecule has 0 heterocycles. The fourth-order valence-corrected chi connectivity index (χ4v) is 1.18. The molecule has 2 N–H and O–H groups in total. The predicted molar refractivity (Wildman–Crippen MR) is 58.5 cm³/mol. The standard InChI is InChI=1S/C12H17N/c1-9(2)10(3)8-11-4-6-12(13)7-5-11/h4-7,10H,1,8,13H2,2-3H3. The van der Waals surface area contributed by atoms with Gasteiger partial charge in [0.1, 0.15) is 0 Å². The third-order valence-corrected chi connectivity index (χ3v) is 2.36. The molecule has 1 unspecified atom stereocenters. The summed E-state index contributed by atoms with van der Waals surface area (Å²) in [5.74, 6) is 0.545. The highest BCUT2D eigenvalue weighted by molar-refractivity contribution is 5.39. The summed E-state index contributed by atoms with van der Waals surface area (Å²) in [5.41, 5.74) is 8.98. The lowest BCUT2D eigenvalue weighted by Gasteiger charge is -2.10. The van der Waals surface area contributed by atoms with Gasteiger partial charge in [0.05, 0.1) is 0 Å². The molecule has 0 saturated heterocycles. The first kappa shape index (κ1) is 9.85. The summed E-state index contributed by atoms with van der Waals surface area (Å²) in [6.45, 7) is 8.21. The molecule has 0 spiro atoms. The highest BCUT2D eigenvalue weighted by Gasteiger charge is 2.03. The van der Waals surface area contributed by atoms with E-state index in [1.165, 1.54) is 11.1 Å². The molecule has 1 rings (SSSR count). The van der Waals surface area contributed by atoms with Crippen molar-refractivity contribution < 1.29 is 0 Å². The number of nitrogens with two attached hydrogens (primary N) is 1. The summed E-state index contributed by atoms with van der Waals surface area (Å²) in [4.78, 5) is 0. The Morgan fingerprint density at radius 3 is 2.38 bits per heavy atom. The lowest BCUT2D eigenvalue weighted by Crippen LogP contribution is -2.00. The van der Waals surface area contributed by atoms with Gasteiger partial charge in [0.2, 0.25) is 0 Å². The van der Waals surface area contributed by atoms with Crippen molar-refractivity contribution in [3.8, 4) is 0 Å². The Morgan fingerprint density at radius 1 is 1.38 bits per heavy atom. The maximum Gasteiger partial charge on any atom is 0.0314 e. The van der Waals surface area contributed by atoms with Crippen LogP contribution in [-0.4, -0.2) is 0 Å². The Balaban J connectivity index is 2.64. The van der Waals surface area contributed by atoms with Gasteiger partial charge in [-0.05, 0) is 37.0 Å². The second-order valence-corrected chi connectivity index (χ2v) is 3.69. The van der Waals surface area contributed by atoms with E-state index in [-0.39, 0.29) is 0 Å². The van der Waals surface area contributed by atoms with Gasteiger partial charge in [-0.2, -0.15) is 0 Å². The van der Waals surface area contributed by atoms with E-state index in [0.717, 1.165) is 12.1 Å². The largest absolute Gasteiger partial charge is 0.399 e. The summed E-state index contributed by atoms with van der Waals surface area (Å²) in [6, 6.07) is 8.05. The Hall–Kier alpha value is -1.24. The lowest BCUT2D eigenvalue weighted by atomic mass is 9.96. The molecule has 1 heteroatoms. The van der Waals surface area contributed by atoms with E-state index in [0.29, 0.717) is 5.92 Å². The van der Waals surface area contributed by atoms with Gasteiger partial charge in [0.15, 0.2) is 0 Å². The van der Waals surface area contributed by atoms with E-state index in [1.807, 2.05) is 12.1 Å². The molecule has 0 fully saturated rings. The molecule has 0 aliphatic heterocycles. The molecule has 70 valence electrons. The molecule has 0 aliphatic rings. The molecule has 0 radical (unpaired) electrons. The zero-order valence-corrected chi connectivity index (χ0v) is 8.38. The Morgan fingerprint density at radius 2 is 1.92 bits per heavy atom. The van der Waals surface area contributed by atoms with Crippen LogP contribution in [0.3, 0.4) is 0 Å². The third kappa shape index (κ3) is 2.94. The minimum absolute atomic E-state index is 0.545. The van der Waals surface area contributed by atoms with Crippen LogP contribution >= 0.6 is 0 Å². The van der Waals surface area contributed by atoms with Crippen molar-refractivity contribution >= 4 is 5.69 Å². The summed E-state index contributed by atoms with van der Waals surface area (Å²) < 4.78 is 0. The quantitative estimate of drug-likeness (QED) is 0.554. The average molecular weight is 175 g/mol. The van der Waals surface area contributed by atoms with Gasteiger partial charge in [-0.1, -0.05) is 31.2 Å². The fraction of sp³-hybridized carbons (Fsp3) is 0.333. The number of allylic oxidation sites excluding steroid dienone is 1. The maximum absolute atomic E-state index is 5.60. The summed E-state index contributed by atoms with van der Waals surface area (Å²) in [5, 5.41) is 0. The summed E-state index contributed by atoms with van der Waals surface area (Å²) in [7, 11) is 0. The van der Waals surface area contributed by atoms with Crippen molar-refractivity contribution in [2.45, 2.75) is 20.3 Å². The molecule has 1 atom stereocenters. The van der Waals surface area contributed by atoms with Crippen LogP contribution in [0.2, 0.25) is 0 Å².